The van der Waals surface area contributed by atoms with Crippen molar-refractivity contribution in [1.29, 1.82) is 0 Å². The standard InChI is InChI=1S/C9H18N2O/c1-10-4-3-8(5-10)11(2)6-9-7-12-9/h8-9H,3-7H2,1-2H3/t8?,9-/m0/s1. The second kappa shape index (κ2) is 3.32. The summed E-state index contributed by atoms with van der Waals surface area (Å²) in [6, 6.07) is 0.763. The first kappa shape index (κ1) is 8.48. The highest BCUT2D eigenvalue weighted by Gasteiger charge is 2.29. The molecule has 0 N–H and O–H groups in total. The van der Waals surface area contributed by atoms with Crippen molar-refractivity contribution >= 4 is 0 Å². The number of nitrogens with zero attached hydrogens (tertiary/aromatic N) is 2. The highest BCUT2D eigenvalue weighted by molar-refractivity contribution is 4.83. The van der Waals surface area contributed by atoms with Crippen molar-refractivity contribution in [3.8, 4) is 0 Å². The van der Waals surface area contributed by atoms with Gasteiger partial charge in [-0.05, 0) is 27.1 Å². The van der Waals surface area contributed by atoms with E-state index in [1.807, 2.05) is 0 Å². The third-order valence-corrected chi connectivity index (χ3v) is 2.88. The zero-order valence-corrected chi connectivity index (χ0v) is 7.99. The van der Waals surface area contributed by atoms with Gasteiger partial charge < -0.3 is 9.64 Å². The van der Waals surface area contributed by atoms with Crippen molar-refractivity contribution in [1.82, 2.24) is 9.80 Å². The molecule has 0 bridgehead atoms. The van der Waals surface area contributed by atoms with Gasteiger partial charge in [0.1, 0.15) is 0 Å². The van der Waals surface area contributed by atoms with E-state index >= 15 is 0 Å². The van der Waals surface area contributed by atoms with Crippen LogP contribution in [0.25, 0.3) is 0 Å². The Morgan fingerprint density at radius 2 is 2.33 bits per heavy atom. The lowest BCUT2D eigenvalue weighted by Crippen LogP contribution is -2.36. The van der Waals surface area contributed by atoms with E-state index in [0.717, 1.165) is 19.2 Å². The van der Waals surface area contributed by atoms with Crippen LogP contribution in [0, 0.1) is 0 Å². The summed E-state index contributed by atoms with van der Waals surface area (Å²) in [6.45, 7) is 4.58. The van der Waals surface area contributed by atoms with E-state index in [-0.39, 0.29) is 0 Å². The predicted octanol–water partition coefficient (Wildman–Crippen LogP) is 0.0211. The first-order chi connectivity index (χ1) is 5.75. The van der Waals surface area contributed by atoms with E-state index in [1.54, 1.807) is 0 Å². The number of hydrogen-bond acceptors (Lipinski definition) is 3. The van der Waals surface area contributed by atoms with Gasteiger partial charge in [0.2, 0.25) is 0 Å². The van der Waals surface area contributed by atoms with Crippen molar-refractivity contribution < 1.29 is 4.74 Å². The van der Waals surface area contributed by atoms with Gasteiger partial charge in [0, 0.05) is 19.1 Å². The number of ether oxygens (including phenoxy) is 1. The van der Waals surface area contributed by atoms with Gasteiger partial charge in [0.25, 0.3) is 0 Å². The van der Waals surface area contributed by atoms with Gasteiger partial charge in [-0.3, -0.25) is 4.90 Å². The smallest absolute Gasteiger partial charge is 0.0936 e. The summed E-state index contributed by atoms with van der Waals surface area (Å²) in [5.41, 5.74) is 0. The van der Waals surface area contributed by atoms with Crippen LogP contribution in [-0.4, -0.2) is 62.3 Å². The highest BCUT2D eigenvalue weighted by atomic mass is 16.6. The van der Waals surface area contributed by atoms with E-state index in [4.69, 9.17) is 4.74 Å². The van der Waals surface area contributed by atoms with Crippen LogP contribution in [0.15, 0.2) is 0 Å². The van der Waals surface area contributed by atoms with Gasteiger partial charge in [0.15, 0.2) is 0 Å². The van der Waals surface area contributed by atoms with Crippen molar-refractivity contribution in [2.24, 2.45) is 0 Å². The molecular formula is C9H18N2O. The van der Waals surface area contributed by atoms with Crippen LogP contribution in [0.5, 0.6) is 0 Å². The quantitative estimate of drug-likeness (QED) is 0.557. The molecule has 0 aromatic carbocycles. The Bertz CT molecular complexity index is 159. The van der Waals surface area contributed by atoms with E-state index < -0.39 is 0 Å². The maximum atomic E-state index is 5.21. The van der Waals surface area contributed by atoms with Crippen LogP contribution in [0.4, 0.5) is 0 Å². The minimum Gasteiger partial charge on any atom is -0.372 e. The maximum absolute atomic E-state index is 5.21. The van der Waals surface area contributed by atoms with Gasteiger partial charge in [-0.15, -0.1) is 0 Å². The average molecular weight is 170 g/mol. The molecule has 2 rings (SSSR count). The molecule has 12 heavy (non-hydrogen) atoms. The molecule has 3 nitrogen and oxygen atoms in total. The predicted molar refractivity (Wildman–Crippen MR) is 48.3 cm³/mol. The summed E-state index contributed by atoms with van der Waals surface area (Å²) < 4.78 is 5.21. The van der Waals surface area contributed by atoms with Gasteiger partial charge in [-0.25, -0.2) is 0 Å². The fraction of sp³-hybridized carbons (Fsp3) is 1.00. The fourth-order valence-electron chi connectivity index (χ4n) is 1.92. The molecule has 0 aliphatic carbocycles. The molecule has 2 aliphatic rings. The summed E-state index contributed by atoms with van der Waals surface area (Å²) in [5.74, 6) is 0. The molecule has 2 aliphatic heterocycles. The zero-order valence-electron chi connectivity index (χ0n) is 7.99. The number of likely N-dealkylation sites (N-methyl/N-ethyl adjacent to an activating group) is 2. The lowest BCUT2D eigenvalue weighted by molar-refractivity contribution is 0.218. The highest BCUT2D eigenvalue weighted by Crippen LogP contribution is 2.16. The number of rotatable bonds is 3. The van der Waals surface area contributed by atoms with Crippen LogP contribution in [0.3, 0.4) is 0 Å². The van der Waals surface area contributed by atoms with Gasteiger partial charge in [0.05, 0.1) is 12.7 Å². The molecule has 0 saturated carbocycles. The minimum atomic E-state index is 0.543. The lowest BCUT2D eigenvalue weighted by Gasteiger charge is -2.22. The van der Waals surface area contributed by atoms with Crippen molar-refractivity contribution in [2.75, 3.05) is 40.3 Å². The molecule has 0 spiro atoms. The van der Waals surface area contributed by atoms with Crippen LogP contribution in [0.1, 0.15) is 6.42 Å². The zero-order chi connectivity index (χ0) is 8.55. The summed E-state index contributed by atoms with van der Waals surface area (Å²) >= 11 is 0. The van der Waals surface area contributed by atoms with Gasteiger partial charge in [-0.1, -0.05) is 0 Å². The molecule has 0 aromatic rings. The maximum Gasteiger partial charge on any atom is 0.0936 e. The molecule has 0 amide bonds. The molecule has 0 radical (unpaired) electrons. The SMILES string of the molecule is CN1CCC(N(C)C[C@H]2CO2)C1. The molecule has 2 fully saturated rings. The topological polar surface area (TPSA) is 19.0 Å². The van der Waals surface area contributed by atoms with Crippen LogP contribution < -0.4 is 0 Å². The van der Waals surface area contributed by atoms with E-state index in [2.05, 4.69) is 23.9 Å². The number of likely N-dealkylation sites (tertiary alicyclic amines) is 1. The third kappa shape index (κ3) is 1.97. The normalized spacial score (nSPS) is 36.2. The molecule has 2 atom stereocenters. The first-order valence-corrected chi connectivity index (χ1v) is 4.76. The van der Waals surface area contributed by atoms with Crippen LogP contribution in [-0.2, 0) is 4.74 Å². The Kier molecular flexibility index (Phi) is 2.35. The second-order valence-electron chi connectivity index (χ2n) is 4.10. The summed E-state index contributed by atoms with van der Waals surface area (Å²) in [6.07, 6.45) is 1.86. The minimum absolute atomic E-state index is 0.543. The van der Waals surface area contributed by atoms with E-state index in [9.17, 15) is 0 Å². The monoisotopic (exact) mass is 170 g/mol. The van der Waals surface area contributed by atoms with Gasteiger partial charge in [-0.2, -0.15) is 0 Å². The molecule has 3 heteroatoms. The van der Waals surface area contributed by atoms with Crippen molar-refractivity contribution in [3.63, 3.8) is 0 Å². The Hall–Kier alpha value is -0.120. The third-order valence-electron chi connectivity index (χ3n) is 2.88. The molecule has 1 unspecified atom stereocenters. The molecule has 0 aromatic heterocycles. The molecule has 2 heterocycles. The second-order valence-corrected chi connectivity index (χ2v) is 4.10. The lowest BCUT2D eigenvalue weighted by atomic mass is 10.2. The Balaban J connectivity index is 1.74. The summed E-state index contributed by atoms with van der Waals surface area (Å²) in [4.78, 5) is 4.84. The summed E-state index contributed by atoms with van der Waals surface area (Å²) in [5, 5.41) is 0. The molecule has 70 valence electrons. The summed E-state index contributed by atoms with van der Waals surface area (Å²) in [7, 11) is 4.41. The number of epoxide rings is 1. The average Bonchev–Trinajstić information content (AvgIpc) is 2.72. The van der Waals surface area contributed by atoms with E-state index in [0.29, 0.717) is 6.10 Å². The Labute approximate surface area is 74.3 Å². The van der Waals surface area contributed by atoms with Crippen LogP contribution in [0.2, 0.25) is 0 Å². The molecular weight excluding hydrogens is 152 g/mol. The van der Waals surface area contributed by atoms with E-state index in [1.165, 1.54) is 19.5 Å². The van der Waals surface area contributed by atoms with Crippen molar-refractivity contribution in [2.45, 2.75) is 18.6 Å². The number of hydrogen-bond donors (Lipinski definition) is 0. The van der Waals surface area contributed by atoms with Crippen molar-refractivity contribution in [3.05, 3.63) is 0 Å². The fourth-order valence-corrected chi connectivity index (χ4v) is 1.92. The van der Waals surface area contributed by atoms with Gasteiger partial charge >= 0.3 is 0 Å². The first-order valence-electron chi connectivity index (χ1n) is 4.76. The van der Waals surface area contributed by atoms with Crippen LogP contribution >= 0.6 is 0 Å². The Morgan fingerprint density at radius 1 is 1.58 bits per heavy atom. The molecule has 2 saturated heterocycles. The largest absolute Gasteiger partial charge is 0.372 e. The Morgan fingerprint density at radius 3 is 2.83 bits per heavy atom.